The lowest BCUT2D eigenvalue weighted by Gasteiger charge is -2.35. The summed E-state index contributed by atoms with van der Waals surface area (Å²) < 4.78 is 5.79. The van der Waals surface area contributed by atoms with Crippen molar-refractivity contribution in [1.29, 1.82) is 0 Å². The topological polar surface area (TPSA) is 38.5 Å². The molecule has 1 aliphatic heterocycles. The molecule has 88 valence electrons. The van der Waals surface area contributed by atoms with Crippen LogP contribution in [-0.2, 0) is 4.74 Å². The molecule has 3 heteroatoms. The highest BCUT2D eigenvalue weighted by Gasteiger charge is 2.27. The van der Waals surface area contributed by atoms with Crippen molar-refractivity contribution < 1.29 is 4.74 Å². The number of nitrogens with two attached hydrogens (primary N) is 1. The molecule has 2 aliphatic rings. The molecule has 2 N–H and O–H groups in total. The van der Waals surface area contributed by atoms with Gasteiger partial charge in [-0.1, -0.05) is 6.42 Å². The highest BCUT2D eigenvalue weighted by atomic mass is 16.5. The Morgan fingerprint density at radius 3 is 2.80 bits per heavy atom. The van der Waals surface area contributed by atoms with E-state index >= 15 is 0 Å². The molecule has 0 spiro atoms. The molecule has 15 heavy (non-hydrogen) atoms. The summed E-state index contributed by atoms with van der Waals surface area (Å²) in [4.78, 5) is 2.49. The second kappa shape index (κ2) is 5.28. The molecule has 0 radical (unpaired) electrons. The molecular formula is C12H24N2O. The Hall–Kier alpha value is -0.120. The van der Waals surface area contributed by atoms with Gasteiger partial charge in [0.1, 0.15) is 0 Å². The molecule has 1 atom stereocenters. The van der Waals surface area contributed by atoms with Crippen LogP contribution in [0.15, 0.2) is 0 Å². The molecule has 0 aromatic carbocycles. The number of ether oxygens (including phenoxy) is 1. The summed E-state index contributed by atoms with van der Waals surface area (Å²) in [5, 5.41) is 0. The Kier molecular flexibility index (Phi) is 4.00. The zero-order valence-electron chi connectivity index (χ0n) is 9.82. The predicted octanol–water partition coefficient (Wildman–Crippen LogP) is 1.37. The molecule has 0 aromatic rings. The van der Waals surface area contributed by atoms with Gasteiger partial charge < -0.3 is 15.4 Å². The summed E-state index contributed by atoms with van der Waals surface area (Å²) in [6.07, 6.45) is 7.91. The van der Waals surface area contributed by atoms with E-state index in [4.69, 9.17) is 10.5 Å². The zero-order chi connectivity index (χ0) is 10.7. The quantitative estimate of drug-likeness (QED) is 0.765. The maximum Gasteiger partial charge on any atom is 0.0604 e. The van der Waals surface area contributed by atoms with Crippen LogP contribution in [0, 0.1) is 0 Å². The third-order valence-electron chi connectivity index (χ3n) is 3.86. The van der Waals surface area contributed by atoms with Crippen molar-refractivity contribution in [3.8, 4) is 0 Å². The highest BCUT2D eigenvalue weighted by Crippen LogP contribution is 2.23. The fourth-order valence-electron chi connectivity index (χ4n) is 2.62. The van der Waals surface area contributed by atoms with E-state index in [1.807, 2.05) is 0 Å². The summed E-state index contributed by atoms with van der Waals surface area (Å²) >= 11 is 0. The van der Waals surface area contributed by atoms with Gasteiger partial charge in [0, 0.05) is 18.7 Å². The lowest BCUT2D eigenvalue weighted by atomic mass is 9.90. The summed E-state index contributed by atoms with van der Waals surface area (Å²) in [5.74, 6) is 0. The van der Waals surface area contributed by atoms with E-state index in [0.717, 1.165) is 25.5 Å². The van der Waals surface area contributed by atoms with E-state index in [0.29, 0.717) is 12.1 Å². The van der Waals surface area contributed by atoms with Gasteiger partial charge in [0.25, 0.3) is 0 Å². The minimum absolute atomic E-state index is 0.410. The van der Waals surface area contributed by atoms with Gasteiger partial charge in [-0.25, -0.2) is 0 Å². The van der Waals surface area contributed by atoms with Gasteiger partial charge in [-0.15, -0.1) is 0 Å². The zero-order valence-corrected chi connectivity index (χ0v) is 9.82. The van der Waals surface area contributed by atoms with Gasteiger partial charge in [-0.05, 0) is 45.7 Å². The van der Waals surface area contributed by atoms with Gasteiger partial charge in [0.05, 0.1) is 6.10 Å². The fraction of sp³-hybridized carbons (Fsp3) is 1.00. The maximum absolute atomic E-state index is 5.79. The van der Waals surface area contributed by atoms with Crippen molar-refractivity contribution in [1.82, 2.24) is 4.90 Å². The molecule has 0 bridgehead atoms. The van der Waals surface area contributed by atoms with E-state index in [-0.39, 0.29) is 0 Å². The molecule has 1 saturated heterocycles. The number of hydrogen-bond donors (Lipinski definition) is 1. The van der Waals surface area contributed by atoms with Crippen molar-refractivity contribution in [3.63, 3.8) is 0 Å². The van der Waals surface area contributed by atoms with Crippen LogP contribution in [0.1, 0.15) is 38.5 Å². The predicted molar refractivity (Wildman–Crippen MR) is 61.8 cm³/mol. The van der Waals surface area contributed by atoms with E-state index in [2.05, 4.69) is 11.9 Å². The molecular weight excluding hydrogens is 188 g/mol. The van der Waals surface area contributed by atoms with Gasteiger partial charge in [-0.2, -0.15) is 0 Å². The Balaban J connectivity index is 1.56. The van der Waals surface area contributed by atoms with Crippen molar-refractivity contribution in [3.05, 3.63) is 0 Å². The number of hydrogen-bond acceptors (Lipinski definition) is 3. The standard InChI is InChI=1S/C12H24N2O/c1-14-6-3-2-4-11(14)5-7-15-12-8-10(13)9-12/h10-12H,2-9,13H2,1H3. The summed E-state index contributed by atoms with van der Waals surface area (Å²) in [5.41, 5.74) is 5.72. The SMILES string of the molecule is CN1CCCCC1CCOC1CC(N)C1. The average molecular weight is 212 g/mol. The average Bonchev–Trinajstić information content (AvgIpc) is 2.18. The summed E-state index contributed by atoms with van der Waals surface area (Å²) in [6, 6.07) is 1.17. The van der Waals surface area contributed by atoms with Gasteiger partial charge in [0.2, 0.25) is 0 Å². The summed E-state index contributed by atoms with van der Waals surface area (Å²) in [6.45, 7) is 2.19. The smallest absolute Gasteiger partial charge is 0.0604 e. The first kappa shape index (κ1) is 11.4. The second-order valence-electron chi connectivity index (χ2n) is 5.14. The molecule has 0 amide bonds. The van der Waals surface area contributed by atoms with Crippen LogP contribution in [0.2, 0.25) is 0 Å². The van der Waals surface area contributed by atoms with E-state index in [9.17, 15) is 0 Å². The normalized spacial score (nSPS) is 37.6. The number of piperidine rings is 1. The van der Waals surface area contributed by atoms with Crippen LogP contribution in [0.3, 0.4) is 0 Å². The molecule has 2 fully saturated rings. The molecule has 1 unspecified atom stereocenters. The maximum atomic E-state index is 5.79. The van der Waals surface area contributed by atoms with Crippen LogP contribution < -0.4 is 5.73 Å². The number of likely N-dealkylation sites (tertiary alicyclic amines) is 1. The van der Waals surface area contributed by atoms with E-state index < -0.39 is 0 Å². The first-order valence-electron chi connectivity index (χ1n) is 6.33. The highest BCUT2D eigenvalue weighted by molar-refractivity contribution is 4.83. The third kappa shape index (κ3) is 3.16. The Morgan fingerprint density at radius 1 is 1.33 bits per heavy atom. The minimum Gasteiger partial charge on any atom is -0.378 e. The van der Waals surface area contributed by atoms with Gasteiger partial charge >= 0.3 is 0 Å². The van der Waals surface area contributed by atoms with Crippen LogP contribution in [-0.4, -0.2) is 43.3 Å². The first-order valence-corrected chi connectivity index (χ1v) is 6.33. The van der Waals surface area contributed by atoms with E-state index in [1.54, 1.807) is 0 Å². The Bertz CT molecular complexity index is 192. The van der Waals surface area contributed by atoms with Crippen LogP contribution >= 0.6 is 0 Å². The van der Waals surface area contributed by atoms with Crippen molar-refractivity contribution >= 4 is 0 Å². The lowest BCUT2D eigenvalue weighted by Crippen LogP contribution is -2.42. The number of rotatable bonds is 4. The minimum atomic E-state index is 0.410. The Labute approximate surface area is 93.0 Å². The van der Waals surface area contributed by atoms with Gasteiger partial charge in [0.15, 0.2) is 0 Å². The van der Waals surface area contributed by atoms with Crippen molar-refractivity contribution in [2.24, 2.45) is 5.73 Å². The largest absolute Gasteiger partial charge is 0.378 e. The van der Waals surface area contributed by atoms with Gasteiger partial charge in [-0.3, -0.25) is 0 Å². The molecule has 1 aliphatic carbocycles. The monoisotopic (exact) mass is 212 g/mol. The lowest BCUT2D eigenvalue weighted by molar-refractivity contribution is -0.0183. The Morgan fingerprint density at radius 2 is 2.13 bits per heavy atom. The summed E-state index contributed by atoms with van der Waals surface area (Å²) in [7, 11) is 2.24. The van der Waals surface area contributed by atoms with Crippen LogP contribution in [0.5, 0.6) is 0 Å². The molecule has 0 aromatic heterocycles. The molecule has 3 nitrogen and oxygen atoms in total. The fourth-order valence-corrected chi connectivity index (χ4v) is 2.62. The van der Waals surface area contributed by atoms with E-state index in [1.165, 1.54) is 32.2 Å². The second-order valence-corrected chi connectivity index (χ2v) is 5.14. The number of nitrogens with zero attached hydrogens (tertiary/aromatic N) is 1. The first-order chi connectivity index (χ1) is 7.25. The molecule has 1 saturated carbocycles. The van der Waals surface area contributed by atoms with Crippen LogP contribution in [0.25, 0.3) is 0 Å². The third-order valence-corrected chi connectivity index (χ3v) is 3.86. The van der Waals surface area contributed by atoms with Crippen molar-refractivity contribution in [2.75, 3.05) is 20.2 Å². The molecule has 2 rings (SSSR count). The van der Waals surface area contributed by atoms with Crippen molar-refractivity contribution in [2.45, 2.75) is 56.7 Å². The van der Waals surface area contributed by atoms with Crippen LogP contribution in [0.4, 0.5) is 0 Å². The molecule has 1 heterocycles.